The number of benzene rings is 1. The number of rotatable bonds is 12. The Labute approximate surface area is 266 Å². The highest BCUT2D eigenvalue weighted by atomic mass is 16.7. The van der Waals surface area contributed by atoms with Crippen LogP contribution in [0.5, 0.6) is 0 Å². The number of likely N-dealkylation sites (tertiary alicyclic amines) is 1. The summed E-state index contributed by atoms with van der Waals surface area (Å²) in [4.78, 5) is 41.5. The zero-order chi connectivity index (χ0) is 33.1. The van der Waals surface area contributed by atoms with E-state index in [0.29, 0.717) is 32.4 Å². The molecule has 1 heterocycles. The van der Waals surface area contributed by atoms with Gasteiger partial charge in [0.15, 0.2) is 0 Å². The van der Waals surface area contributed by atoms with Gasteiger partial charge in [0.2, 0.25) is 0 Å². The number of hydrogen-bond donors (Lipinski definition) is 3. The van der Waals surface area contributed by atoms with Crippen molar-refractivity contribution in [3.8, 4) is 0 Å². The van der Waals surface area contributed by atoms with Crippen molar-refractivity contribution in [3.05, 3.63) is 143 Å². The molecule has 0 aliphatic carbocycles. The number of piperidine rings is 1. The van der Waals surface area contributed by atoms with E-state index in [1.807, 2.05) is 119 Å². The molecule has 238 valence electrons. The van der Waals surface area contributed by atoms with Crippen LogP contribution in [0.2, 0.25) is 0 Å². The smallest absolute Gasteiger partial charge is 0.355 e. The summed E-state index contributed by atoms with van der Waals surface area (Å²) in [6.07, 6.45) is 26.0. The van der Waals surface area contributed by atoms with Crippen LogP contribution in [0.15, 0.2) is 138 Å². The van der Waals surface area contributed by atoms with Crippen molar-refractivity contribution in [2.24, 2.45) is 0 Å². The second kappa shape index (κ2) is 19.4. The standard InChI is InChI=1S/C37H44N2O6/c1-29(14-10-16-31(3)20-22-34(40)41)12-8-9-13-30(2)15-11-17-32(4)21-23-35(42)45-38-36(43)39-26-24-37(44,25-27-39)28-33-18-6-5-7-19-33/h5-23,44H,24-28H2,1-4H3,(H,38,43)(H,40,41)/b9-8+,14-10+,15-11+,22-20+,23-21+,29-12+,30-13+,31-16-,32-17+. The molecule has 8 heteroatoms. The highest BCUT2D eigenvalue weighted by Crippen LogP contribution is 2.26. The Morgan fingerprint density at radius 3 is 1.78 bits per heavy atom. The van der Waals surface area contributed by atoms with E-state index < -0.39 is 23.6 Å². The summed E-state index contributed by atoms with van der Waals surface area (Å²) >= 11 is 0. The Bertz CT molecular complexity index is 1430. The molecule has 1 fully saturated rings. The van der Waals surface area contributed by atoms with Crippen LogP contribution in [0.4, 0.5) is 4.79 Å². The summed E-state index contributed by atoms with van der Waals surface area (Å²) in [5.74, 6) is -1.67. The average molecular weight is 613 g/mol. The highest BCUT2D eigenvalue weighted by molar-refractivity contribution is 5.84. The number of nitrogens with zero attached hydrogens (tertiary/aromatic N) is 1. The lowest BCUT2D eigenvalue weighted by molar-refractivity contribution is -0.143. The number of carboxylic acids is 1. The quantitative estimate of drug-likeness (QED) is 0.135. The molecule has 0 atom stereocenters. The largest absolute Gasteiger partial charge is 0.478 e. The predicted molar refractivity (Wildman–Crippen MR) is 179 cm³/mol. The molecule has 1 aliphatic heterocycles. The van der Waals surface area contributed by atoms with Crippen LogP contribution in [-0.2, 0) is 20.8 Å². The van der Waals surface area contributed by atoms with Gasteiger partial charge in [-0.1, -0.05) is 126 Å². The summed E-state index contributed by atoms with van der Waals surface area (Å²) in [5.41, 5.74) is 6.12. The number of carbonyl (C=O) groups is 3. The summed E-state index contributed by atoms with van der Waals surface area (Å²) in [7, 11) is 0. The van der Waals surface area contributed by atoms with Crippen LogP contribution in [0, 0.1) is 0 Å². The number of aliphatic hydroxyl groups is 1. The SMILES string of the molecule is CC(=C/C=C/C(C)=C/C=C/C=C(C)/C=C/C=C(C)/C=C/C(=O)ONC(=O)N1CCC(O)(Cc2ccccc2)CC1)/C=C/C(=O)O. The molecular formula is C37H44N2O6. The first-order chi connectivity index (χ1) is 21.5. The van der Waals surface area contributed by atoms with Crippen LogP contribution in [0.25, 0.3) is 0 Å². The van der Waals surface area contributed by atoms with E-state index >= 15 is 0 Å². The van der Waals surface area contributed by atoms with Crippen LogP contribution in [0.3, 0.4) is 0 Å². The highest BCUT2D eigenvalue weighted by Gasteiger charge is 2.34. The molecule has 1 aliphatic rings. The summed E-state index contributed by atoms with van der Waals surface area (Å²) in [6.45, 7) is 8.35. The van der Waals surface area contributed by atoms with Gasteiger partial charge in [-0.05, 0) is 46.1 Å². The average Bonchev–Trinajstić information content (AvgIpc) is 3.00. The first-order valence-corrected chi connectivity index (χ1v) is 14.8. The molecule has 0 unspecified atom stereocenters. The number of urea groups is 1. The number of amides is 2. The molecular weight excluding hydrogens is 568 g/mol. The maximum absolute atomic E-state index is 12.4. The zero-order valence-electron chi connectivity index (χ0n) is 26.5. The molecule has 0 radical (unpaired) electrons. The van der Waals surface area contributed by atoms with Crippen LogP contribution in [-0.4, -0.2) is 51.8 Å². The van der Waals surface area contributed by atoms with E-state index in [2.05, 4.69) is 5.48 Å². The van der Waals surface area contributed by atoms with Gasteiger partial charge in [-0.25, -0.2) is 14.4 Å². The molecule has 2 rings (SSSR count). The van der Waals surface area contributed by atoms with Gasteiger partial charge in [0.25, 0.3) is 0 Å². The van der Waals surface area contributed by atoms with Crippen molar-refractivity contribution in [2.45, 2.75) is 52.6 Å². The van der Waals surface area contributed by atoms with Gasteiger partial charge in [0, 0.05) is 31.7 Å². The Balaban J connectivity index is 1.72. The second-order valence-corrected chi connectivity index (χ2v) is 11.0. The molecule has 8 nitrogen and oxygen atoms in total. The van der Waals surface area contributed by atoms with E-state index in [1.54, 1.807) is 12.2 Å². The molecule has 0 spiro atoms. The molecule has 2 amide bonds. The maximum Gasteiger partial charge on any atom is 0.355 e. The Kier molecular flexibility index (Phi) is 15.6. The third kappa shape index (κ3) is 15.9. The lowest BCUT2D eigenvalue weighted by Crippen LogP contribution is -2.50. The van der Waals surface area contributed by atoms with Gasteiger partial charge in [-0.15, -0.1) is 0 Å². The van der Waals surface area contributed by atoms with E-state index in [4.69, 9.17) is 9.94 Å². The van der Waals surface area contributed by atoms with Crippen molar-refractivity contribution in [1.82, 2.24) is 10.4 Å². The third-order valence-electron chi connectivity index (χ3n) is 6.83. The predicted octanol–water partition coefficient (Wildman–Crippen LogP) is 6.87. The fourth-order valence-corrected chi connectivity index (χ4v) is 4.21. The molecule has 1 aromatic rings. The van der Waals surface area contributed by atoms with Gasteiger partial charge >= 0.3 is 18.0 Å². The normalized spacial score (nSPS) is 16.9. The van der Waals surface area contributed by atoms with Gasteiger partial charge in [0.05, 0.1) is 5.60 Å². The number of hydrogen-bond acceptors (Lipinski definition) is 5. The number of carbonyl (C=O) groups excluding carboxylic acids is 2. The molecule has 0 aromatic heterocycles. The molecule has 45 heavy (non-hydrogen) atoms. The number of carboxylic acid groups (broad SMARTS) is 1. The second-order valence-electron chi connectivity index (χ2n) is 11.0. The van der Waals surface area contributed by atoms with Gasteiger partial charge in [0.1, 0.15) is 0 Å². The number of aliphatic carboxylic acids is 1. The van der Waals surface area contributed by atoms with Crippen molar-refractivity contribution >= 4 is 18.0 Å². The summed E-state index contributed by atoms with van der Waals surface area (Å²) in [5, 5.41) is 19.5. The minimum absolute atomic E-state index is 0.364. The fraction of sp³-hybridized carbons (Fsp3) is 0.270. The fourth-order valence-electron chi connectivity index (χ4n) is 4.21. The minimum atomic E-state index is -0.972. The van der Waals surface area contributed by atoms with Crippen LogP contribution >= 0.6 is 0 Å². The minimum Gasteiger partial charge on any atom is -0.478 e. The number of nitrogens with one attached hydrogen (secondary N) is 1. The Hall–Kier alpha value is -4.95. The Morgan fingerprint density at radius 2 is 1.24 bits per heavy atom. The number of allylic oxidation sites excluding steroid dienone is 16. The molecule has 3 N–H and O–H groups in total. The van der Waals surface area contributed by atoms with Crippen LogP contribution < -0.4 is 5.48 Å². The molecule has 0 bridgehead atoms. The lowest BCUT2D eigenvalue weighted by Gasteiger charge is -2.38. The lowest BCUT2D eigenvalue weighted by atomic mass is 9.85. The van der Waals surface area contributed by atoms with Gasteiger partial charge in [-0.3, -0.25) is 0 Å². The van der Waals surface area contributed by atoms with Gasteiger partial charge in [-0.2, -0.15) is 5.48 Å². The first-order valence-electron chi connectivity index (χ1n) is 14.8. The first kappa shape index (κ1) is 36.2. The number of hydroxylamine groups is 1. The third-order valence-corrected chi connectivity index (χ3v) is 6.83. The summed E-state index contributed by atoms with van der Waals surface area (Å²) in [6, 6.07) is 9.26. The van der Waals surface area contributed by atoms with E-state index in [9.17, 15) is 19.5 Å². The van der Waals surface area contributed by atoms with Crippen molar-refractivity contribution in [3.63, 3.8) is 0 Å². The molecule has 1 saturated heterocycles. The zero-order valence-corrected chi connectivity index (χ0v) is 26.5. The monoisotopic (exact) mass is 612 g/mol. The van der Waals surface area contributed by atoms with Crippen molar-refractivity contribution < 1.29 is 29.4 Å². The maximum atomic E-state index is 12.4. The Morgan fingerprint density at radius 1 is 0.756 bits per heavy atom. The summed E-state index contributed by atoms with van der Waals surface area (Å²) < 4.78 is 0. The van der Waals surface area contributed by atoms with Crippen molar-refractivity contribution in [2.75, 3.05) is 13.1 Å². The van der Waals surface area contributed by atoms with E-state index in [-0.39, 0.29) is 0 Å². The van der Waals surface area contributed by atoms with E-state index in [0.717, 1.165) is 33.9 Å². The van der Waals surface area contributed by atoms with Crippen LogP contribution in [0.1, 0.15) is 46.1 Å². The van der Waals surface area contributed by atoms with E-state index in [1.165, 1.54) is 11.0 Å². The molecule has 0 saturated carbocycles. The topological polar surface area (TPSA) is 116 Å². The molecule has 1 aromatic carbocycles. The van der Waals surface area contributed by atoms with Crippen molar-refractivity contribution in [1.29, 1.82) is 0 Å². The van der Waals surface area contributed by atoms with Gasteiger partial charge < -0.3 is 20.0 Å².